The first-order chi connectivity index (χ1) is 9.67. The number of allylic oxidation sites excluding steroid dienone is 2. The minimum Gasteiger partial charge on any atom is -0.384 e. The number of benzene rings is 1. The van der Waals surface area contributed by atoms with Gasteiger partial charge in [-0.3, -0.25) is 0 Å². The Labute approximate surface area is 126 Å². The Kier molecular flexibility index (Phi) is 3.90. The lowest BCUT2D eigenvalue weighted by Crippen LogP contribution is -2.21. The second kappa shape index (κ2) is 5.66. The van der Waals surface area contributed by atoms with E-state index in [1.54, 1.807) is 0 Å². The quantitative estimate of drug-likeness (QED) is 0.719. The summed E-state index contributed by atoms with van der Waals surface area (Å²) < 4.78 is 0. The number of thiol groups is 1. The Balaban J connectivity index is 1.88. The fraction of sp³-hybridized carbons (Fsp3) is 0.412. The maximum absolute atomic E-state index is 4.49. The van der Waals surface area contributed by atoms with Crippen molar-refractivity contribution in [2.45, 2.75) is 30.7 Å². The lowest BCUT2D eigenvalue weighted by molar-refractivity contribution is 0.762. The van der Waals surface area contributed by atoms with Crippen molar-refractivity contribution in [3.8, 4) is 0 Å². The SMILES string of the molecule is CNC1C=C(c2cc(S)ccc2NCC2CC2)C=C1C. The van der Waals surface area contributed by atoms with Gasteiger partial charge in [0.1, 0.15) is 0 Å². The minimum absolute atomic E-state index is 0.352. The van der Waals surface area contributed by atoms with E-state index < -0.39 is 0 Å². The molecule has 1 unspecified atom stereocenters. The van der Waals surface area contributed by atoms with E-state index in [1.807, 2.05) is 7.05 Å². The molecular weight excluding hydrogens is 264 g/mol. The van der Waals surface area contributed by atoms with Crippen LogP contribution in [-0.2, 0) is 0 Å². The zero-order valence-corrected chi connectivity index (χ0v) is 13.0. The number of hydrogen-bond donors (Lipinski definition) is 3. The molecule has 2 aliphatic carbocycles. The van der Waals surface area contributed by atoms with Crippen molar-refractivity contribution >= 4 is 23.9 Å². The summed E-state index contributed by atoms with van der Waals surface area (Å²) in [4.78, 5) is 1.01. The normalized spacial score (nSPS) is 21.6. The molecule has 0 radical (unpaired) electrons. The molecule has 0 aromatic heterocycles. The van der Waals surface area contributed by atoms with Crippen LogP contribution < -0.4 is 10.6 Å². The van der Waals surface area contributed by atoms with Crippen LogP contribution in [0.15, 0.2) is 40.8 Å². The first-order valence-corrected chi connectivity index (χ1v) is 7.76. The highest BCUT2D eigenvalue weighted by Gasteiger charge is 2.22. The van der Waals surface area contributed by atoms with Gasteiger partial charge >= 0.3 is 0 Å². The van der Waals surface area contributed by atoms with Gasteiger partial charge in [0, 0.05) is 28.7 Å². The zero-order valence-electron chi connectivity index (χ0n) is 12.1. The van der Waals surface area contributed by atoms with Crippen LogP contribution in [-0.4, -0.2) is 19.6 Å². The number of anilines is 1. The van der Waals surface area contributed by atoms with Crippen LogP contribution in [0.5, 0.6) is 0 Å². The summed E-state index contributed by atoms with van der Waals surface area (Å²) in [6.45, 7) is 3.26. The standard InChI is InChI=1S/C17H22N2S/c1-11-7-13(8-17(11)18-2)15-9-14(20)5-6-16(15)19-10-12-3-4-12/h5-9,12,17-20H,3-4,10H2,1-2H3. The van der Waals surface area contributed by atoms with Gasteiger partial charge in [0.25, 0.3) is 0 Å². The number of nitrogens with one attached hydrogen (secondary N) is 2. The molecule has 0 amide bonds. The van der Waals surface area contributed by atoms with Gasteiger partial charge in [-0.25, -0.2) is 0 Å². The molecule has 0 bridgehead atoms. The molecule has 0 saturated heterocycles. The van der Waals surface area contributed by atoms with Gasteiger partial charge < -0.3 is 10.6 Å². The van der Waals surface area contributed by atoms with E-state index >= 15 is 0 Å². The van der Waals surface area contributed by atoms with Crippen LogP contribution in [0.25, 0.3) is 5.57 Å². The van der Waals surface area contributed by atoms with Crippen LogP contribution in [0.1, 0.15) is 25.3 Å². The van der Waals surface area contributed by atoms with Gasteiger partial charge in [-0.1, -0.05) is 17.7 Å². The van der Waals surface area contributed by atoms with Crippen molar-refractivity contribution in [1.82, 2.24) is 5.32 Å². The van der Waals surface area contributed by atoms with Crippen molar-refractivity contribution in [3.63, 3.8) is 0 Å². The van der Waals surface area contributed by atoms with E-state index in [0.29, 0.717) is 6.04 Å². The van der Waals surface area contributed by atoms with Gasteiger partial charge in [-0.05, 0) is 56.5 Å². The summed E-state index contributed by atoms with van der Waals surface area (Å²) in [7, 11) is 2.00. The predicted octanol–water partition coefficient (Wildman–Crippen LogP) is 3.73. The molecule has 0 heterocycles. The molecule has 1 aromatic rings. The van der Waals surface area contributed by atoms with E-state index in [2.05, 4.69) is 60.5 Å². The Bertz CT molecular complexity index is 570. The second-order valence-corrected chi connectivity index (χ2v) is 6.35. The molecule has 106 valence electrons. The molecule has 1 fully saturated rings. The first-order valence-electron chi connectivity index (χ1n) is 7.32. The highest BCUT2D eigenvalue weighted by atomic mass is 32.1. The van der Waals surface area contributed by atoms with E-state index in [4.69, 9.17) is 0 Å². The van der Waals surface area contributed by atoms with Crippen molar-refractivity contribution in [3.05, 3.63) is 41.5 Å². The number of hydrogen-bond acceptors (Lipinski definition) is 3. The molecule has 2 nitrogen and oxygen atoms in total. The van der Waals surface area contributed by atoms with Crippen LogP contribution in [0, 0.1) is 5.92 Å². The monoisotopic (exact) mass is 286 g/mol. The molecular formula is C17H22N2S. The predicted molar refractivity (Wildman–Crippen MR) is 89.5 cm³/mol. The van der Waals surface area contributed by atoms with Gasteiger partial charge in [0.2, 0.25) is 0 Å². The van der Waals surface area contributed by atoms with Crippen LogP contribution in [0.4, 0.5) is 5.69 Å². The number of rotatable bonds is 5. The average molecular weight is 286 g/mol. The third kappa shape index (κ3) is 2.94. The van der Waals surface area contributed by atoms with E-state index in [9.17, 15) is 0 Å². The van der Waals surface area contributed by atoms with Crippen LogP contribution in [0.2, 0.25) is 0 Å². The highest BCUT2D eigenvalue weighted by molar-refractivity contribution is 7.80. The Morgan fingerprint density at radius 2 is 2.10 bits per heavy atom. The highest BCUT2D eigenvalue weighted by Crippen LogP contribution is 2.34. The zero-order chi connectivity index (χ0) is 14.1. The summed E-state index contributed by atoms with van der Waals surface area (Å²) in [6.07, 6.45) is 7.30. The van der Waals surface area contributed by atoms with Crippen LogP contribution >= 0.6 is 12.6 Å². The summed E-state index contributed by atoms with van der Waals surface area (Å²) in [5.41, 5.74) is 5.13. The van der Waals surface area contributed by atoms with Crippen molar-refractivity contribution in [2.75, 3.05) is 18.9 Å². The fourth-order valence-electron chi connectivity index (χ4n) is 2.67. The van der Waals surface area contributed by atoms with E-state index in [0.717, 1.165) is 17.4 Å². The fourth-order valence-corrected chi connectivity index (χ4v) is 2.88. The summed E-state index contributed by atoms with van der Waals surface area (Å²) >= 11 is 4.49. The summed E-state index contributed by atoms with van der Waals surface area (Å²) in [6, 6.07) is 6.72. The molecule has 0 spiro atoms. The maximum Gasteiger partial charge on any atom is 0.0472 e. The largest absolute Gasteiger partial charge is 0.384 e. The molecule has 20 heavy (non-hydrogen) atoms. The molecule has 3 heteroatoms. The third-order valence-electron chi connectivity index (χ3n) is 4.12. The Morgan fingerprint density at radius 1 is 1.30 bits per heavy atom. The molecule has 2 aliphatic rings. The molecule has 1 aromatic carbocycles. The van der Waals surface area contributed by atoms with E-state index in [-0.39, 0.29) is 0 Å². The second-order valence-electron chi connectivity index (χ2n) is 5.83. The van der Waals surface area contributed by atoms with Gasteiger partial charge in [0.05, 0.1) is 0 Å². The van der Waals surface area contributed by atoms with Gasteiger partial charge in [-0.2, -0.15) is 0 Å². The Morgan fingerprint density at radius 3 is 2.75 bits per heavy atom. The summed E-state index contributed by atoms with van der Waals surface area (Å²) in [5.74, 6) is 0.874. The lowest BCUT2D eigenvalue weighted by Gasteiger charge is -2.13. The minimum atomic E-state index is 0.352. The Hall–Kier alpha value is -1.19. The third-order valence-corrected chi connectivity index (χ3v) is 4.40. The molecule has 1 atom stereocenters. The number of likely N-dealkylation sites (N-methyl/N-ethyl adjacent to an activating group) is 1. The lowest BCUT2D eigenvalue weighted by atomic mass is 10.0. The summed E-state index contributed by atoms with van der Waals surface area (Å²) in [5, 5.41) is 6.93. The molecule has 0 aliphatic heterocycles. The first kappa shape index (κ1) is 13.8. The van der Waals surface area contributed by atoms with Crippen molar-refractivity contribution in [1.29, 1.82) is 0 Å². The molecule has 2 N–H and O–H groups in total. The van der Waals surface area contributed by atoms with Crippen LogP contribution in [0.3, 0.4) is 0 Å². The van der Waals surface area contributed by atoms with Crippen molar-refractivity contribution < 1.29 is 0 Å². The van der Waals surface area contributed by atoms with Gasteiger partial charge in [0.15, 0.2) is 0 Å². The molecule has 1 saturated carbocycles. The van der Waals surface area contributed by atoms with Crippen molar-refractivity contribution in [2.24, 2.45) is 5.92 Å². The topological polar surface area (TPSA) is 24.1 Å². The molecule has 3 rings (SSSR count). The maximum atomic E-state index is 4.49. The van der Waals surface area contributed by atoms with Gasteiger partial charge in [-0.15, -0.1) is 12.6 Å². The smallest absolute Gasteiger partial charge is 0.0472 e. The van der Waals surface area contributed by atoms with E-state index in [1.165, 1.54) is 35.2 Å². The average Bonchev–Trinajstić information content (AvgIpc) is 3.19.